The van der Waals surface area contributed by atoms with Crippen LogP contribution in [0, 0.1) is 28.9 Å². The minimum absolute atomic E-state index is 0.0268. The Labute approximate surface area is 135 Å². The van der Waals surface area contributed by atoms with Crippen molar-refractivity contribution in [1.29, 1.82) is 0 Å². The minimum Gasteiger partial charge on any atom is -0.327 e. The molecule has 3 unspecified atom stereocenters. The zero-order valence-electron chi connectivity index (χ0n) is 13.0. The average molecular weight is 339 g/mol. The second-order valence-electron chi connectivity index (χ2n) is 6.55. The van der Waals surface area contributed by atoms with Crippen molar-refractivity contribution in [2.75, 3.05) is 13.1 Å². The highest BCUT2D eigenvalue weighted by Gasteiger charge is 2.43. The van der Waals surface area contributed by atoms with Gasteiger partial charge in [-0.3, -0.25) is 10.1 Å². The van der Waals surface area contributed by atoms with Crippen LogP contribution in [0.1, 0.15) is 24.8 Å². The molecule has 0 radical (unpaired) electrons. The van der Waals surface area contributed by atoms with Gasteiger partial charge in [0.2, 0.25) is 10.0 Å². The molecule has 126 valence electrons. The Morgan fingerprint density at radius 2 is 2.04 bits per heavy atom. The van der Waals surface area contributed by atoms with Gasteiger partial charge in [-0.1, -0.05) is 12.5 Å². The van der Waals surface area contributed by atoms with E-state index in [2.05, 4.69) is 0 Å². The number of nitrogens with zero attached hydrogens (tertiary/aromatic N) is 2. The summed E-state index contributed by atoms with van der Waals surface area (Å²) in [7, 11) is -3.73. The fraction of sp³-hybridized carbons (Fsp3) is 0.600. The van der Waals surface area contributed by atoms with Gasteiger partial charge in [-0.25, -0.2) is 8.42 Å². The Hall–Kier alpha value is -1.51. The fourth-order valence-electron chi connectivity index (χ4n) is 3.79. The molecular weight excluding hydrogens is 318 g/mol. The molecule has 3 atom stereocenters. The lowest BCUT2D eigenvalue weighted by atomic mass is 9.78. The number of nitrogens with two attached hydrogens (primary N) is 1. The SMILES string of the molecule is Cc1ccc([N+](=O)[O-])cc1S(=O)(=O)N1CC2CCCC(N)C2C1. The molecule has 7 nitrogen and oxygen atoms in total. The molecule has 8 heteroatoms. The van der Waals surface area contributed by atoms with Crippen LogP contribution in [-0.2, 0) is 10.0 Å². The summed E-state index contributed by atoms with van der Waals surface area (Å²) in [4.78, 5) is 10.4. The largest absolute Gasteiger partial charge is 0.327 e. The van der Waals surface area contributed by atoms with Gasteiger partial charge < -0.3 is 5.73 Å². The van der Waals surface area contributed by atoms with E-state index in [4.69, 9.17) is 5.73 Å². The highest BCUT2D eigenvalue weighted by molar-refractivity contribution is 7.89. The summed E-state index contributed by atoms with van der Waals surface area (Å²) in [6.07, 6.45) is 2.97. The Morgan fingerprint density at radius 1 is 1.30 bits per heavy atom. The summed E-state index contributed by atoms with van der Waals surface area (Å²) >= 11 is 0. The maximum atomic E-state index is 12.9. The van der Waals surface area contributed by atoms with Crippen molar-refractivity contribution >= 4 is 15.7 Å². The van der Waals surface area contributed by atoms with E-state index in [1.165, 1.54) is 16.4 Å². The second kappa shape index (κ2) is 5.85. The molecule has 2 N–H and O–H groups in total. The van der Waals surface area contributed by atoms with E-state index in [9.17, 15) is 18.5 Å². The van der Waals surface area contributed by atoms with Gasteiger partial charge in [-0.15, -0.1) is 0 Å². The van der Waals surface area contributed by atoms with E-state index in [0.29, 0.717) is 24.6 Å². The van der Waals surface area contributed by atoms with Crippen LogP contribution >= 0.6 is 0 Å². The fourth-order valence-corrected chi connectivity index (χ4v) is 5.57. The first-order chi connectivity index (χ1) is 10.8. The molecule has 1 aromatic carbocycles. The number of sulfonamides is 1. The number of non-ortho nitro benzene ring substituents is 1. The van der Waals surface area contributed by atoms with Crippen LogP contribution in [0.4, 0.5) is 5.69 Å². The Morgan fingerprint density at radius 3 is 2.70 bits per heavy atom. The molecule has 2 fully saturated rings. The van der Waals surface area contributed by atoms with Gasteiger partial charge in [0, 0.05) is 31.3 Å². The Kier molecular flexibility index (Phi) is 4.16. The van der Waals surface area contributed by atoms with Crippen molar-refractivity contribution in [1.82, 2.24) is 4.31 Å². The lowest BCUT2D eigenvalue weighted by Gasteiger charge is -2.29. The summed E-state index contributed by atoms with van der Waals surface area (Å²) in [5.74, 6) is 0.491. The van der Waals surface area contributed by atoms with Crippen molar-refractivity contribution in [2.45, 2.75) is 37.1 Å². The molecule has 1 aliphatic heterocycles. The van der Waals surface area contributed by atoms with Crippen LogP contribution in [0.25, 0.3) is 0 Å². The normalized spacial score (nSPS) is 28.5. The van der Waals surface area contributed by atoms with E-state index >= 15 is 0 Å². The van der Waals surface area contributed by atoms with Gasteiger partial charge in [0.25, 0.3) is 5.69 Å². The van der Waals surface area contributed by atoms with E-state index in [1.54, 1.807) is 6.92 Å². The predicted octanol–water partition coefficient (Wildman–Crippen LogP) is 1.65. The number of hydrogen-bond donors (Lipinski definition) is 1. The zero-order valence-corrected chi connectivity index (χ0v) is 13.8. The molecule has 0 spiro atoms. The molecule has 0 amide bonds. The smallest absolute Gasteiger partial charge is 0.270 e. The van der Waals surface area contributed by atoms with E-state index in [-0.39, 0.29) is 22.5 Å². The zero-order chi connectivity index (χ0) is 16.8. The molecule has 1 heterocycles. The topological polar surface area (TPSA) is 107 Å². The van der Waals surface area contributed by atoms with Crippen molar-refractivity contribution in [2.24, 2.45) is 17.6 Å². The molecule has 23 heavy (non-hydrogen) atoms. The summed E-state index contributed by atoms with van der Waals surface area (Å²) in [6, 6.07) is 4.01. The van der Waals surface area contributed by atoms with Gasteiger partial charge in [0.05, 0.1) is 9.82 Å². The second-order valence-corrected chi connectivity index (χ2v) is 8.45. The van der Waals surface area contributed by atoms with Gasteiger partial charge in [-0.2, -0.15) is 4.31 Å². The monoisotopic (exact) mass is 339 g/mol. The number of aryl methyl sites for hydroxylation is 1. The lowest BCUT2D eigenvalue weighted by molar-refractivity contribution is -0.385. The Bertz CT molecular complexity index is 734. The first-order valence-electron chi connectivity index (χ1n) is 7.81. The number of nitro groups is 1. The third kappa shape index (κ3) is 2.86. The molecule has 0 aromatic heterocycles. The van der Waals surface area contributed by atoms with Crippen molar-refractivity contribution < 1.29 is 13.3 Å². The van der Waals surface area contributed by atoms with Gasteiger partial charge in [-0.05, 0) is 37.2 Å². The van der Waals surface area contributed by atoms with Crippen LogP contribution in [0.5, 0.6) is 0 Å². The van der Waals surface area contributed by atoms with E-state index in [0.717, 1.165) is 25.3 Å². The molecule has 1 saturated heterocycles. The number of benzene rings is 1. The van der Waals surface area contributed by atoms with E-state index in [1.807, 2.05) is 0 Å². The van der Waals surface area contributed by atoms with E-state index < -0.39 is 14.9 Å². The molecule has 1 saturated carbocycles. The van der Waals surface area contributed by atoms with Gasteiger partial charge in [0.1, 0.15) is 0 Å². The molecule has 1 aliphatic carbocycles. The van der Waals surface area contributed by atoms with Crippen molar-refractivity contribution in [3.8, 4) is 0 Å². The minimum atomic E-state index is -3.73. The first kappa shape index (κ1) is 16.4. The van der Waals surface area contributed by atoms with Gasteiger partial charge >= 0.3 is 0 Å². The lowest BCUT2D eigenvalue weighted by Crippen LogP contribution is -2.38. The van der Waals surface area contributed by atoms with Crippen LogP contribution in [0.2, 0.25) is 0 Å². The molecule has 2 aliphatic rings. The van der Waals surface area contributed by atoms with Crippen LogP contribution in [-0.4, -0.2) is 36.8 Å². The Balaban J connectivity index is 1.93. The van der Waals surface area contributed by atoms with Crippen LogP contribution in [0.3, 0.4) is 0 Å². The maximum absolute atomic E-state index is 12.9. The summed E-state index contributed by atoms with van der Waals surface area (Å²) in [6.45, 7) is 2.53. The maximum Gasteiger partial charge on any atom is 0.270 e. The van der Waals surface area contributed by atoms with Crippen molar-refractivity contribution in [3.05, 3.63) is 33.9 Å². The quantitative estimate of drug-likeness (QED) is 0.665. The molecule has 3 rings (SSSR count). The molecule has 1 aromatic rings. The highest BCUT2D eigenvalue weighted by atomic mass is 32.2. The summed E-state index contributed by atoms with van der Waals surface area (Å²) < 4.78 is 27.3. The first-order valence-corrected chi connectivity index (χ1v) is 9.25. The van der Waals surface area contributed by atoms with Gasteiger partial charge in [0.15, 0.2) is 0 Å². The molecule has 0 bridgehead atoms. The summed E-state index contributed by atoms with van der Waals surface area (Å²) in [5.41, 5.74) is 6.46. The standard InChI is InChI=1S/C15H21N3O4S/c1-10-5-6-12(18(19)20)7-15(10)23(21,22)17-8-11-3-2-4-14(16)13(11)9-17/h5-7,11,13-14H,2-4,8-9,16H2,1H3. The van der Waals surface area contributed by atoms with Crippen LogP contribution in [0.15, 0.2) is 23.1 Å². The third-order valence-corrected chi connectivity index (χ3v) is 7.09. The van der Waals surface area contributed by atoms with Crippen LogP contribution < -0.4 is 5.73 Å². The number of rotatable bonds is 3. The number of hydrogen-bond acceptors (Lipinski definition) is 5. The number of nitro benzene ring substituents is 1. The summed E-state index contributed by atoms with van der Waals surface area (Å²) in [5, 5.41) is 10.9. The third-order valence-electron chi connectivity index (χ3n) is 5.12. The number of fused-ring (bicyclic) bond motifs is 1. The highest BCUT2D eigenvalue weighted by Crippen LogP contribution is 2.38. The molecular formula is C15H21N3O4S. The average Bonchev–Trinajstić information content (AvgIpc) is 2.93. The van der Waals surface area contributed by atoms with Crippen molar-refractivity contribution in [3.63, 3.8) is 0 Å². The predicted molar refractivity (Wildman–Crippen MR) is 85.4 cm³/mol.